The molecule has 1 fully saturated rings. The summed E-state index contributed by atoms with van der Waals surface area (Å²) in [6, 6.07) is 1.60. The summed E-state index contributed by atoms with van der Waals surface area (Å²) < 4.78 is 0. The highest BCUT2D eigenvalue weighted by atomic mass is 35.5. The monoisotopic (exact) mass is 411 g/mol. The fourth-order valence-electron chi connectivity index (χ4n) is 3.34. The highest BCUT2D eigenvalue weighted by molar-refractivity contribution is 7.15. The van der Waals surface area contributed by atoms with Gasteiger partial charge in [-0.2, -0.15) is 0 Å². The van der Waals surface area contributed by atoms with Crippen molar-refractivity contribution in [2.24, 2.45) is 0 Å². The number of halogens is 2. The van der Waals surface area contributed by atoms with Crippen LogP contribution in [0.3, 0.4) is 0 Å². The first-order valence-corrected chi connectivity index (χ1v) is 10.3. The van der Waals surface area contributed by atoms with Crippen molar-refractivity contribution in [3.05, 3.63) is 32.9 Å². The lowest BCUT2D eigenvalue weighted by Crippen LogP contribution is -2.50. The summed E-state index contributed by atoms with van der Waals surface area (Å²) >= 11 is 13.7. The Morgan fingerprint density at radius 2 is 1.92 bits per heavy atom. The van der Waals surface area contributed by atoms with E-state index in [0.717, 1.165) is 18.5 Å². The molecule has 4 rings (SSSR count). The van der Waals surface area contributed by atoms with Crippen molar-refractivity contribution in [2.45, 2.75) is 25.7 Å². The standard InChI is InChI=1S/C17H19Cl2N5OS/c18-11-9-12(19)15(20-10-11)23-5-7-24(8-6-23)17(25)22-16-21-13-3-1-2-4-14(13)26-16/h9-10H,1-8H2,(H,21,22,25). The second-order valence-corrected chi connectivity index (χ2v) is 8.39. The van der Waals surface area contributed by atoms with Crippen LogP contribution in [0.4, 0.5) is 15.7 Å². The van der Waals surface area contributed by atoms with Gasteiger partial charge in [-0.25, -0.2) is 14.8 Å². The first-order chi connectivity index (χ1) is 12.6. The van der Waals surface area contributed by atoms with E-state index in [-0.39, 0.29) is 6.03 Å². The number of aryl methyl sites for hydroxylation is 2. The summed E-state index contributed by atoms with van der Waals surface area (Å²) in [5.41, 5.74) is 1.16. The Balaban J connectivity index is 1.35. The van der Waals surface area contributed by atoms with Crippen LogP contribution < -0.4 is 10.2 Å². The number of nitrogens with zero attached hydrogens (tertiary/aromatic N) is 4. The van der Waals surface area contributed by atoms with Crippen LogP contribution in [0.1, 0.15) is 23.4 Å². The van der Waals surface area contributed by atoms with Crippen LogP contribution in [0.15, 0.2) is 12.3 Å². The van der Waals surface area contributed by atoms with Crippen LogP contribution in [0.2, 0.25) is 10.0 Å². The number of rotatable bonds is 2. The van der Waals surface area contributed by atoms with Crippen molar-refractivity contribution in [3.63, 3.8) is 0 Å². The first-order valence-electron chi connectivity index (χ1n) is 8.70. The predicted molar refractivity (Wildman–Crippen MR) is 106 cm³/mol. The molecule has 0 saturated carbocycles. The molecule has 1 aliphatic carbocycles. The lowest BCUT2D eigenvalue weighted by atomic mass is 10.0. The molecule has 2 aromatic rings. The third kappa shape index (κ3) is 3.75. The number of urea groups is 1. The largest absolute Gasteiger partial charge is 0.352 e. The Labute approximate surface area is 166 Å². The molecule has 0 spiro atoms. The van der Waals surface area contributed by atoms with E-state index in [0.29, 0.717) is 47.2 Å². The first kappa shape index (κ1) is 17.8. The smallest absolute Gasteiger partial charge is 0.323 e. The van der Waals surface area contributed by atoms with Gasteiger partial charge in [0.2, 0.25) is 0 Å². The van der Waals surface area contributed by atoms with Crippen LogP contribution >= 0.6 is 34.5 Å². The molecule has 9 heteroatoms. The van der Waals surface area contributed by atoms with Crippen molar-refractivity contribution in [2.75, 3.05) is 36.4 Å². The molecule has 26 heavy (non-hydrogen) atoms. The number of pyridine rings is 1. The molecule has 2 aromatic heterocycles. The zero-order chi connectivity index (χ0) is 18.1. The van der Waals surface area contributed by atoms with E-state index in [2.05, 4.69) is 20.2 Å². The van der Waals surface area contributed by atoms with Gasteiger partial charge in [-0.15, -0.1) is 11.3 Å². The second-order valence-electron chi connectivity index (χ2n) is 6.46. The Hall–Kier alpha value is -1.57. The number of hydrogen-bond donors (Lipinski definition) is 1. The third-order valence-electron chi connectivity index (χ3n) is 4.71. The van der Waals surface area contributed by atoms with Crippen molar-refractivity contribution in [1.29, 1.82) is 0 Å². The Bertz CT molecular complexity index is 796. The maximum absolute atomic E-state index is 12.5. The van der Waals surface area contributed by atoms with Crippen LogP contribution in [0, 0.1) is 0 Å². The highest BCUT2D eigenvalue weighted by Gasteiger charge is 2.24. The molecular weight excluding hydrogens is 393 g/mol. The van der Waals surface area contributed by atoms with E-state index in [9.17, 15) is 4.79 Å². The molecule has 0 unspecified atom stereocenters. The van der Waals surface area contributed by atoms with Crippen LogP contribution in [0.25, 0.3) is 0 Å². The number of piperazine rings is 1. The van der Waals surface area contributed by atoms with E-state index in [4.69, 9.17) is 23.2 Å². The summed E-state index contributed by atoms with van der Waals surface area (Å²) in [6.45, 7) is 2.57. The lowest BCUT2D eigenvalue weighted by molar-refractivity contribution is 0.208. The second kappa shape index (κ2) is 7.58. The Kier molecular flexibility index (Phi) is 5.20. The van der Waals surface area contributed by atoms with E-state index < -0.39 is 0 Å². The van der Waals surface area contributed by atoms with Gasteiger partial charge in [0.1, 0.15) is 5.82 Å². The summed E-state index contributed by atoms with van der Waals surface area (Å²) in [6.07, 6.45) is 6.09. The molecule has 1 aliphatic heterocycles. The number of aromatic nitrogens is 2. The number of carbonyl (C=O) groups excluding carboxylic acids is 1. The van der Waals surface area contributed by atoms with Gasteiger partial charge in [0.25, 0.3) is 0 Å². The van der Waals surface area contributed by atoms with E-state index in [1.165, 1.54) is 17.7 Å². The lowest BCUT2D eigenvalue weighted by Gasteiger charge is -2.35. The average molecular weight is 412 g/mol. The fraction of sp³-hybridized carbons (Fsp3) is 0.471. The number of anilines is 2. The zero-order valence-corrected chi connectivity index (χ0v) is 16.5. The topological polar surface area (TPSA) is 61.4 Å². The van der Waals surface area contributed by atoms with Crippen molar-refractivity contribution in [1.82, 2.24) is 14.9 Å². The number of nitrogens with one attached hydrogen (secondary N) is 1. The molecule has 0 atom stereocenters. The SMILES string of the molecule is O=C(Nc1nc2c(s1)CCCC2)N1CCN(c2ncc(Cl)cc2Cl)CC1. The molecule has 6 nitrogen and oxygen atoms in total. The maximum atomic E-state index is 12.5. The predicted octanol–water partition coefficient (Wildman–Crippen LogP) is 4.08. The molecule has 1 N–H and O–H groups in total. The molecule has 3 heterocycles. The van der Waals surface area contributed by atoms with Gasteiger partial charge >= 0.3 is 6.03 Å². The van der Waals surface area contributed by atoms with Gasteiger partial charge in [0.05, 0.1) is 15.7 Å². The van der Waals surface area contributed by atoms with E-state index in [1.807, 2.05) is 0 Å². The van der Waals surface area contributed by atoms with Crippen molar-refractivity contribution >= 4 is 51.5 Å². The Morgan fingerprint density at radius 3 is 2.65 bits per heavy atom. The normalized spacial score (nSPS) is 17.2. The molecule has 2 amide bonds. The zero-order valence-electron chi connectivity index (χ0n) is 14.2. The van der Waals surface area contributed by atoms with Gasteiger partial charge in [-0.1, -0.05) is 23.2 Å². The molecule has 138 valence electrons. The molecular formula is C17H19Cl2N5OS. The van der Waals surface area contributed by atoms with Gasteiger partial charge < -0.3 is 9.80 Å². The van der Waals surface area contributed by atoms with E-state index in [1.54, 1.807) is 28.5 Å². The van der Waals surface area contributed by atoms with Crippen LogP contribution in [0.5, 0.6) is 0 Å². The molecule has 0 radical (unpaired) electrons. The third-order valence-corrected chi connectivity index (χ3v) is 6.27. The quantitative estimate of drug-likeness (QED) is 0.808. The molecule has 0 bridgehead atoms. The van der Waals surface area contributed by atoms with Crippen LogP contribution in [-0.4, -0.2) is 47.1 Å². The minimum atomic E-state index is -0.0918. The minimum Gasteiger partial charge on any atom is -0.352 e. The van der Waals surface area contributed by atoms with Crippen LogP contribution in [-0.2, 0) is 12.8 Å². The maximum Gasteiger partial charge on any atom is 0.323 e. The number of amides is 2. The number of hydrogen-bond acceptors (Lipinski definition) is 5. The minimum absolute atomic E-state index is 0.0918. The van der Waals surface area contributed by atoms with E-state index >= 15 is 0 Å². The van der Waals surface area contributed by atoms with Gasteiger partial charge in [-0.05, 0) is 31.7 Å². The Morgan fingerprint density at radius 1 is 1.15 bits per heavy atom. The fourth-order valence-corrected chi connectivity index (χ4v) is 4.88. The molecule has 1 saturated heterocycles. The summed E-state index contributed by atoms with van der Waals surface area (Å²) in [5, 5.41) is 4.72. The number of fused-ring (bicyclic) bond motifs is 1. The van der Waals surface area contributed by atoms with Crippen molar-refractivity contribution in [3.8, 4) is 0 Å². The average Bonchev–Trinajstić information content (AvgIpc) is 3.04. The molecule has 0 aromatic carbocycles. The van der Waals surface area contributed by atoms with Crippen molar-refractivity contribution < 1.29 is 4.79 Å². The van der Waals surface area contributed by atoms with Gasteiger partial charge in [0, 0.05) is 37.3 Å². The number of thiazole rings is 1. The van der Waals surface area contributed by atoms with Gasteiger partial charge in [-0.3, -0.25) is 5.32 Å². The highest BCUT2D eigenvalue weighted by Crippen LogP contribution is 2.30. The van der Waals surface area contributed by atoms with Gasteiger partial charge in [0.15, 0.2) is 5.13 Å². The summed E-state index contributed by atoms with van der Waals surface area (Å²) in [7, 11) is 0. The molecule has 2 aliphatic rings. The summed E-state index contributed by atoms with van der Waals surface area (Å²) in [5.74, 6) is 0.712. The number of carbonyl (C=O) groups is 1. The summed E-state index contributed by atoms with van der Waals surface area (Å²) in [4.78, 5) is 26.6.